The van der Waals surface area contributed by atoms with Crippen molar-refractivity contribution in [1.29, 1.82) is 0 Å². The lowest BCUT2D eigenvalue weighted by Crippen LogP contribution is -2.48. The third kappa shape index (κ3) is 2.96. The lowest BCUT2D eigenvalue weighted by molar-refractivity contribution is -0.0328. The summed E-state index contributed by atoms with van der Waals surface area (Å²) in [6, 6.07) is 8.61. The van der Waals surface area contributed by atoms with Crippen molar-refractivity contribution in [3.63, 3.8) is 0 Å². The lowest BCUT2D eigenvalue weighted by Gasteiger charge is -2.37. The van der Waals surface area contributed by atoms with E-state index in [1.165, 1.54) is 9.71 Å². The van der Waals surface area contributed by atoms with E-state index in [1.54, 1.807) is 11.3 Å². The van der Waals surface area contributed by atoms with E-state index in [0.29, 0.717) is 12.6 Å². The number of rotatable bonds is 5. The van der Waals surface area contributed by atoms with Gasteiger partial charge < -0.3 is 10.4 Å². The second kappa shape index (κ2) is 5.19. The molecule has 0 saturated heterocycles. The average molecular weight is 276 g/mol. The van der Waals surface area contributed by atoms with Crippen LogP contribution in [0.5, 0.6) is 0 Å². The second-order valence-corrected chi connectivity index (χ2v) is 6.75. The van der Waals surface area contributed by atoms with Crippen LogP contribution in [-0.2, 0) is 6.42 Å². The minimum atomic E-state index is -0.443. The van der Waals surface area contributed by atoms with Crippen molar-refractivity contribution >= 4 is 21.6 Å². The van der Waals surface area contributed by atoms with Crippen molar-refractivity contribution in [1.82, 2.24) is 10.3 Å². The van der Waals surface area contributed by atoms with Crippen molar-refractivity contribution in [3.05, 3.63) is 29.3 Å². The van der Waals surface area contributed by atoms with E-state index < -0.39 is 5.60 Å². The molecule has 0 radical (unpaired) electrons. The predicted molar refractivity (Wildman–Crippen MR) is 79.6 cm³/mol. The standard InChI is InChI=1S/C15H20N2OS/c1-11(16-10-15(18)7-4-8-15)9-14-17-12-5-2-3-6-13(12)19-14/h2-3,5-6,11,16,18H,4,7-10H2,1H3. The Morgan fingerprint density at radius 3 is 2.89 bits per heavy atom. The van der Waals surface area contributed by atoms with Gasteiger partial charge in [-0.15, -0.1) is 11.3 Å². The highest BCUT2D eigenvalue weighted by Crippen LogP contribution is 2.30. The molecule has 3 nitrogen and oxygen atoms in total. The van der Waals surface area contributed by atoms with Crippen LogP contribution in [0.25, 0.3) is 10.2 Å². The van der Waals surface area contributed by atoms with E-state index in [9.17, 15) is 5.11 Å². The highest BCUT2D eigenvalue weighted by atomic mass is 32.1. The van der Waals surface area contributed by atoms with Gasteiger partial charge in [0, 0.05) is 19.0 Å². The van der Waals surface area contributed by atoms with Crippen molar-refractivity contribution in [2.45, 2.75) is 44.2 Å². The van der Waals surface area contributed by atoms with Gasteiger partial charge in [0.25, 0.3) is 0 Å². The van der Waals surface area contributed by atoms with Gasteiger partial charge in [0.05, 0.1) is 20.8 Å². The Morgan fingerprint density at radius 2 is 2.21 bits per heavy atom. The number of aromatic nitrogens is 1. The number of benzene rings is 1. The third-order valence-corrected chi connectivity index (χ3v) is 4.94. The van der Waals surface area contributed by atoms with Crippen LogP contribution in [0.2, 0.25) is 0 Å². The van der Waals surface area contributed by atoms with Crippen LogP contribution in [0.4, 0.5) is 0 Å². The van der Waals surface area contributed by atoms with E-state index in [-0.39, 0.29) is 0 Å². The number of hydrogen-bond acceptors (Lipinski definition) is 4. The van der Waals surface area contributed by atoms with Crippen molar-refractivity contribution in [2.24, 2.45) is 0 Å². The molecule has 1 unspecified atom stereocenters. The first-order valence-corrected chi connectivity index (χ1v) is 7.76. The van der Waals surface area contributed by atoms with E-state index >= 15 is 0 Å². The molecule has 3 rings (SSSR count). The highest BCUT2D eigenvalue weighted by molar-refractivity contribution is 7.18. The van der Waals surface area contributed by atoms with E-state index in [0.717, 1.165) is 31.2 Å². The molecular formula is C15H20N2OS. The molecule has 1 saturated carbocycles. The molecule has 1 fully saturated rings. The van der Waals surface area contributed by atoms with Crippen LogP contribution >= 0.6 is 11.3 Å². The number of fused-ring (bicyclic) bond motifs is 1. The molecule has 0 spiro atoms. The zero-order chi connectivity index (χ0) is 13.3. The summed E-state index contributed by atoms with van der Waals surface area (Å²) in [6.07, 6.45) is 3.96. The van der Waals surface area contributed by atoms with Gasteiger partial charge >= 0.3 is 0 Å². The van der Waals surface area contributed by atoms with Crippen LogP contribution in [0.3, 0.4) is 0 Å². The molecular weight excluding hydrogens is 256 g/mol. The van der Waals surface area contributed by atoms with Crippen molar-refractivity contribution in [3.8, 4) is 0 Å². The smallest absolute Gasteiger partial charge is 0.0954 e. The van der Waals surface area contributed by atoms with Crippen LogP contribution in [0, 0.1) is 0 Å². The minimum Gasteiger partial charge on any atom is -0.389 e. The first kappa shape index (κ1) is 13.0. The number of nitrogens with one attached hydrogen (secondary N) is 1. The molecule has 4 heteroatoms. The molecule has 2 aromatic rings. The first-order valence-electron chi connectivity index (χ1n) is 6.95. The van der Waals surface area contributed by atoms with Gasteiger partial charge in [0.1, 0.15) is 0 Å². The Morgan fingerprint density at radius 1 is 1.42 bits per heavy atom. The molecule has 2 N–H and O–H groups in total. The molecule has 1 aromatic heterocycles. The summed E-state index contributed by atoms with van der Waals surface area (Å²) in [5.41, 5.74) is 0.648. The zero-order valence-electron chi connectivity index (χ0n) is 11.2. The Hall–Kier alpha value is -0.970. The summed E-state index contributed by atoms with van der Waals surface area (Å²) < 4.78 is 1.25. The lowest BCUT2D eigenvalue weighted by atomic mass is 9.80. The predicted octanol–water partition coefficient (Wildman–Crippen LogP) is 2.73. The monoisotopic (exact) mass is 276 g/mol. The van der Waals surface area contributed by atoms with Gasteiger partial charge in [0.2, 0.25) is 0 Å². The number of thiazole rings is 1. The molecule has 19 heavy (non-hydrogen) atoms. The quantitative estimate of drug-likeness (QED) is 0.882. The fraction of sp³-hybridized carbons (Fsp3) is 0.533. The maximum atomic E-state index is 10.1. The Bertz CT molecular complexity index is 529. The minimum absolute atomic E-state index is 0.352. The maximum absolute atomic E-state index is 10.1. The van der Waals surface area contributed by atoms with Crippen LogP contribution in [-0.4, -0.2) is 28.3 Å². The maximum Gasteiger partial charge on any atom is 0.0954 e. The summed E-state index contributed by atoms with van der Waals surface area (Å²) >= 11 is 1.77. The Kier molecular flexibility index (Phi) is 3.56. The fourth-order valence-electron chi connectivity index (χ4n) is 2.47. The summed E-state index contributed by atoms with van der Waals surface area (Å²) in [6.45, 7) is 2.87. The summed E-state index contributed by atoms with van der Waals surface area (Å²) in [5.74, 6) is 0. The summed E-state index contributed by atoms with van der Waals surface area (Å²) in [7, 11) is 0. The van der Waals surface area contributed by atoms with Gasteiger partial charge in [-0.1, -0.05) is 12.1 Å². The van der Waals surface area contributed by atoms with Crippen LogP contribution in [0.1, 0.15) is 31.2 Å². The number of para-hydroxylation sites is 1. The van der Waals surface area contributed by atoms with Gasteiger partial charge in [-0.2, -0.15) is 0 Å². The van der Waals surface area contributed by atoms with Gasteiger partial charge in [0.15, 0.2) is 0 Å². The normalized spacial score (nSPS) is 19.3. The first-order chi connectivity index (χ1) is 9.15. The molecule has 1 atom stereocenters. The van der Waals surface area contributed by atoms with E-state index in [2.05, 4.69) is 35.4 Å². The summed E-state index contributed by atoms with van der Waals surface area (Å²) in [5, 5.41) is 14.7. The number of aliphatic hydroxyl groups is 1. The summed E-state index contributed by atoms with van der Waals surface area (Å²) in [4.78, 5) is 4.65. The van der Waals surface area contributed by atoms with Gasteiger partial charge in [-0.25, -0.2) is 4.98 Å². The van der Waals surface area contributed by atoms with Gasteiger partial charge in [-0.3, -0.25) is 0 Å². The molecule has 0 amide bonds. The molecule has 1 aromatic carbocycles. The SMILES string of the molecule is CC(Cc1nc2ccccc2s1)NCC1(O)CCC1. The Labute approximate surface area is 117 Å². The molecule has 1 aliphatic carbocycles. The third-order valence-electron chi connectivity index (χ3n) is 3.88. The fourth-order valence-corrected chi connectivity index (χ4v) is 3.56. The number of hydrogen-bond donors (Lipinski definition) is 2. The molecule has 102 valence electrons. The van der Waals surface area contributed by atoms with E-state index in [4.69, 9.17) is 0 Å². The topological polar surface area (TPSA) is 45.2 Å². The second-order valence-electron chi connectivity index (χ2n) is 5.64. The zero-order valence-corrected chi connectivity index (χ0v) is 12.0. The van der Waals surface area contributed by atoms with Crippen LogP contribution in [0.15, 0.2) is 24.3 Å². The van der Waals surface area contributed by atoms with Crippen molar-refractivity contribution in [2.75, 3.05) is 6.54 Å². The molecule has 0 bridgehead atoms. The average Bonchev–Trinajstić information content (AvgIpc) is 2.76. The number of nitrogens with zero attached hydrogens (tertiary/aromatic N) is 1. The largest absolute Gasteiger partial charge is 0.389 e. The highest BCUT2D eigenvalue weighted by Gasteiger charge is 2.34. The van der Waals surface area contributed by atoms with Gasteiger partial charge in [-0.05, 0) is 38.3 Å². The van der Waals surface area contributed by atoms with E-state index in [1.807, 2.05) is 6.07 Å². The molecule has 1 heterocycles. The van der Waals surface area contributed by atoms with Crippen LogP contribution < -0.4 is 5.32 Å². The Balaban J connectivity index is 1.57. The molecule has 0 aliphatic heterocycles. The van der Waals surface area contributed by atoms with Crippen molar-refractivity contribution < 1.29 is 5.11 Å². The molecule has 1 aliphatic rings.